The molecule has 0 bridgehead atoms. The Labute approximate surface area is 204 Å². The van der Waals surface area contributed by atoms with Crippen molar-refractivity contribution >= 4 is 41.4 Å². The number of amides is 3. The fourth-order valence-corrected chi connectivity index (χ4v) is 3.32. The van der Waals surface area contributed by atoms with Gasteiger partial charge in [-0.1, -0.05) is 20.3 Å². The number of carboxylic acids is 1. The molecule has 3 amide bonds. The van der Waals surface area contributed by atoms with Gasteiger partial charge in [-0.3, -0.25) is 19.4 Å². The standard InChI is InChI=1S/C20H39N7O6S/c1-4-11(2)15(19(32)33)27-18(31)14(7-9-34-3)26-17(30)13(6-5-8-24-20(22)23)25-16(29)12(21)10-28/h11-15,28H,4-10,21H2,1-3H3,(H,25,29)(H,26,30)(H,27,31)(H,32,33)(H4,22,23,24). The van der Waals surface area contributed by atoms with E-state index in [1.807, 2.05) is 13.2 Å². The molecule has 0 aromatic carbocycles. The summed E-state index contributed by atoms with van der Waals surface area (Å²) in [5.41, 5.74) is 16.1. The highest BCUT2D eigenvalue weighted by Gasteiger charge is 2.31. The molecule has 0 heterocycles. The minimum atomic E-state index is -1.23. The third-order valence-corrected chi connectivity index (χ3v) is 5.78. The van der Waals surface area contributed by atoms with Gasteiger partial charge in [-0.05, 0) is 37.2 Å². The molecule has 13 nitrogen and oxygen atoms in total. The molecule has 0 saturated heterocycles. The summed E-state index contributed by atoms with van der Waals surface area (Å²) in [4.78, 5) is 53.4. The van der Waals surface area contributed by atoms with Crippen molar-refractivity contribution in [3.63, 3.8) is 0 Å². The topological polar surface area (TPSA) is 235 Å². The Balaban J connectivity index is 5.53. The van der Waals surface area contributed by atoms with Crippen molar-refractivity contribution in [2.45, 2.75) is 63.7 Å². The fraction of sp³-hybridized carbons (Fsp3) is 0.750. The Morgan fingerprint density at radius 3 is 2.06 bits per heavy atom. The van der Waals surface area contributed by atoms with E-state index in [1.165, 1.54) is 11.8 Å². The second-order valence-corrected chi connectivity index (χ2v) is 8.84. The van der Waals surface area contributed by atoms with E-state index < -0.39 is 54.5 Å². The van der Waals surface area contributed by atoms with Crippen LogP contribution in [0.5, 0.6) is 0 Å². The summed E-state index contributed by atoms with van der Waals surface area (Å²) in [7, 11) is 0. The van der Waals surface area contributed by atoms with E-state index >= 15 is 0 Å². The second-order valence-electron chi connectivity index (χ2n) is 7.85. The highest BCUT2D eigenvalue weighted by molar-refractivity contribution is 7.98. The zero-order valence-corrected chi connectivity index (χ0v) is 20.8. The van der Waals surface area contributed by atoms with Crippen LogP contribution in [-0.2, 0) is 19.2 Å². The number of aliphatic hydroxyl groups excluding tert-OH is 1. The number of aliphatic imine (C=N–C) groups is 1. The Morgan fingerprint density at radius 2 is 1.56 bits per heavy atom. The molecular formula is C20H39N7O6S. The first kappa shape index (κ1) is 31.4. The third-order valence-electron chi connectivity index (χ3n) is 5.13. The molecule has 14 heteroatoms. The number of carboxylic acid groups (broad SMARTS) is 1. The van der Waals surface area contributed by atoms with Crippen LogP contribution in [0.3, 0.4) is 0 Å². The summed E-state index contributed by atoms with van der Waals surface area (Å²) < 4.78 is 0. The van der Waals surface area contributed by atoms with E-state index in [-0.39, 0.29) is 31.3 Å². The van der Waals surface area contributed by atoms with Crippen molar-refractivity contribution in [2.75, 3.05) is 25.2 Å². The molecule has 5 atom stereocenters. The average Bonchev–Trinajstić information content (AvgIpc) is 2.79. The van der Waals surface area contributed by atoms with Crippen LogP contribution in [0.25, 0.3) is 0 Å². The third kappa shape index (κ3) is 12.0. The van der Waals surface area contributed by atoms with Gasteiger partial charge < -0.3 is 43.4 Å². The van der Waals surface area contributed by atoms with Crippen molar-refractivity contribution in [3.8, 4) is 0 Å². The van der Waals surface area contributed by atoms with Gasteiger partial charge in [0.2, 0.25) is 17.7 Å². The highest BCUT2D eigenvalue weighted by atomic mass is 32.2. The number of nitrogens with zero attached hydrogens (tertiary/aromatic N) is 1. The number of aliphatic hydroxyl groups is 1. The Morgan fingerprint density at radius 1 is 1.00 bits per heavy atom. The first-order valence-corrected chi connectivity index (χ1v) is 12.4. The largest absolute Gasteiger partial charge is 0.480 e. The minimum absolute atomic E-state index is 0.115. The van der Waals surface area contributed by atoms with Crippen LogP contribution >= 0.6 is 11.8 Å². The number of rotatable bonds is 17. The first-order chi connectivity index (χ1) is 16.0. The molecule has 0 aliphatic rings. The van der Waals surface area contributed by atoms with E-state index in [2.05, 4.69) is 20.9 Å². The summed E-state index contributed by atoms with van der Waals surface area (Å²) in [5, 5.41) is 26.2. The number of guanidine groups is 1. The number of carbonyl (C=O) groups is 4. The lowest BCUT2D eigenvalue weighted by Crippen LogP contribution is -2.58. The number of hydrogen-bond acceptors (Lipinski definition) is 8. The average molecular weight is 506 g/mol. The van der Waals surface area contributed by atoms with Gasteiger partial charge in [0.15, 0.2) is 5.96 Å². The summed E-state index contributed by atoms with van der Waals surface area (Å²) in [6.45, 7) is 3.12. The van der Waals surface area contributed by atoms with Crippen molar-refractivity contribution in [2.24, 2.45) is 28.1 Å². The maximum Gasteiger partial charge on any atom is 0.326 e. The summed E-state index contributed by atoms with van der Waals surface area (Å²) in [6.07, 6.45) is 3.08. The van der Waals surface area contributed by atoms with E-state index in [0.717, 1.165) is 0 Å². The first-order valence-electron chi connectivity index (χ1n) is 11.0. The monoisotopic (exact) mass is 505 g/mol. The molecule has 34 heavy (non-hydrogen) atoms. The molecule has 0 aromatic rings. The van der Waals surface area contributed by atoms with Crippen LogP contribution in [0.2, 0.25) is 0 Å². The lowest BCUT2D eigenvalue weighted by atomic mass is 9.98. The number of nitrogens with one attached hydrogen (secondary N) is 3. The number of nitrogens with two attached hydrogens (primary N) is 3. The van der Waals surface area contributed by atoms with Crippen LogP contribution in [0.15, 0.2) is 4.99 Å². The van der Waals surface area contributed by atoms with Crippen molar-refractivity contribution in [1.29, 1.82) is 0 Å². The van der Waals surface area contributed by atoms with Gasteiger partial charge in [0.05, 0.1) is 6.61 Å². The second kappa shape index (κ2) is 16.9. The van der Waals surface area contributed by atoms with Crippen molar-refractivity contribution < 1.29 is 29.4 Å². The van der Waals surface area contributed by atoms with Gasteiger partial charge in [0.1, 0.15) is 24.2 Å². The number of hydrogen-bond donors (Lipinski definition) is 8. The van der Waals surface area contributed by atoms with Crippen LogP contribution in [0.4, 0.5) is 0 Å². The zero-order chi connectivity index (χ0) is 26.3. The molecule has 0 aromatic heterocycles. The lowest BCUT2D eigenvalue weighted by Gasteiger charge is -2.26. The highest BCUT2D eigenvalue weighted by Crippen LogP contribution is 2.10. The zero-order valence-electron chi connectivity index (χ0n) is 20.0. The van der Waals surface area contributed by atoms with Crippen molar-refractivity contribution in [1.82, 2.24) is 16.0 Å². The number of aliphatic carboxylic acids is 1. The molecule has 0 aliphatic heterocycles. The van der Waals surface area contributed by atoms with E-state index in [1.54, 1.807) is 6.92 Å². The Hall–Kier alpha value is -2.58. The van der Waals surface area contributed by atoms with Gasteiger partial charge in [0.25, 0.3) is 0 Å². The molecule has 0 saturated carbocycles. The maximum absolute atomic E-state index is 13.0. The summed E-state index contributed by atoms with van der Waals surface area (Å²) in [5.74, 6) is -3.10. The molecule has 0 fully saturated rings. The molecule has 0 radical (unpaired) electrons. The summed E-state index contributed by atoms with van der Waals surface area (Å²) in [6, 6.07) is -4.43. The molecule has 5 unspecified atom stereocenters. The number of thioether (sulfide) groups is 1. The van der Waals surface area contributed by atoms with E-state index in [9.17, 15) is 24.3 Å². The smallest absolute Gasteiger partial charge is 0.326 e. The minimum Gasteiger partial charge on any atom is -0.480 e. The van der Waals surface area contributed by atoms with Gasteiger partial charge in [-0.15, -0.1) is 0 Å². The maximum atomic E-state index is 13.0. The normalized spacial score (nSPS) is 15.2. The number of carbonyl (C=O) groups excluding carboxylic acids is 3. The quantitative estimate of drug-likeness (QED) is 0.0597. The van der Waals surface area contributed by atoms with E-state index in [0.29, 0.717) is 18.6 Å². The molecular weight excluding hydrogens is 466 g/mol. The lowest BCUT2D eigenvalue weighted by molar-refractivity contribution is -0.143. The predicted octanol–water partition coefficient (Wildman–Crippen LogP) is -2.30. The van der Waals surface area contributed by atoms with Crippen LogP contribution in [-0.4, -0.2) is 89.2 Å². The fourth-order valence-electron chi connectivity index (χ4n) is 2.85. The van der Waals surface area contributed by atoms with Crippen molar-refractivity contribution in [3.05, 3.63) is 0 Å². The van der Waals surface area contributed by atoms with Crippen LogP contribution < -0.4 is 33.2 Å². The SMILES string of the molecule is CCC(C)C(NC(=O)C(CCSC)NC(=O)C(CCCN=C(N)N)NC(=O)C(N)CO)C(=O)O. The summed E-state index contributed by atoms with van der Waals surface area (Å²) >= 11 is 1.46. The van der Waals surface area contributed by atoms with Gasteiger partial charge in [-0.25, -0.2) is 4.79 Å². The van der Waals surface area contributed by atoms with Gasteiger partial charge in [-0.2, -0.15) is 11.8 Å². The predicted molar refractivity (Wildman–Crippen MR) is 131 cm³/mol. The molecule has 11 N–H and O–H groups in total. The molecule has 0 spiro atoms. The molecule has 0 rings (SSSR count). The van der Waals surface area contributed by atoms with Crippen LogP contribution in [0, 0.1) is 5.92 Å². The van der Waals surface area contributed by atoms with Crippen LogP contribution in [0.1, 0.15) is 39.5 Å². The Bertz CT molecular complexity index is 705. The van der Waals surface area contributed by atoms with Gasteiger partial charge >= 0.3 is 5.97 Å². The molecule has 0 aliphatic carbocycles. The molecule has 196 valence electrons. The van der Waals surface area contributed by atoms with Gasteiger partial charge in [0, 0.05) is 6.54 Å². The Kier molecular flexibility index (Phi) is 15.7. The van der Waals surface area contributed by atoms with E-state index in [4.69, 9.17) is 22.3 Å².